The van der Waals surface area contributed by atoms with Crippen molar-refractivity contribution in [3.05, 3.63) is 75.1 Å². The van der Waals surface area contributed by atoms with Gasteiger partial charge in [-0.05, 0) is 54.3 Å². The first-order valence-electron chi connectivity index (χ1n) is 8.65. The predicted octanol–water partition coefficient (Wildman–Crippen LogP) is 6.01. The number of nitro groups is 1. The summed E-state index contributed by atoms with van der Waals surface area (Å²) in [5.74, 6) is 0.696. The maximum atomic E-state index is 11.7. The fourth-order valence-corrected chi connectivity index (χ4v) is 2.69. The maximum Gasteiger partial charge on any atom is 0.373 e. The summed E-state index contributed by atoms with van der Waals surface area (Å²) in [4.78, 5) is 19.1. The van der Waals surface area contributed by atoms with Crippen LogP contribution in [0.4, 0.5) is 17.2 Å². The second-order valence-corrected chi connectivity index (χ2v) is 6.96. The number of nitrogens with zero attached hydrogens (tertiary/aromatic N) is 3. The molecule has 0 amide bonds. The van der Waals surface area contributed by atoms with Gasteiger partial charge in [0.05, 0.1) is 4.92 Å². The molecule has 0 aliphatic carbocycles. The number of hydrogen-bond acceptors (Lipinski definition) is 6. The van der Waals surface area contributed by atoms with Crippen LogP contribution in [0.15, 0.2) is 48.8 Å². The number of ether oxygens (including phenoxy) is 1. The molecule has 1 heterocycles. The van der Waals surface area contributed by atoms with Gasteiger partial charge < -0.3 is 10.1 Å². The lowest BCUT2D eigenvalue weighted by molar-refractivity contribution is -0.385. The normalized spacial score (nSPS) is 10.8. The van der Waals surface area contributed by atoms with Crippen molar-refractivity contribution < 1.29 is 9.66 Å². The molecular formula is C20H19ClN4O3. The number of nitrogens with one attached hydrogen (secondary N) is 1. The number of aromatic nitrogens is 2. The van der Waals surface area contributed by atoms with Gasteiger partial charge in [-0.2, -0.15) is 4.98 Å². The number of aryl methyl sites for hydroxylation is 1. The lowest BCUT2D eigenvalue weighted by Gasteiger charge is -2.11. The van der Waals surface area contributed by atoms with Gasteiger partial charge in [-0.3, -0.25) is 10.1 Å². The summed E-state index contributed by atoms with van der Waals surface area (Å²) in [5.41, 5.74) is 2.30. The first-order valence-corrected chi connectivity index (χ1v) is 9.03. The molecule has 0 unspecified atom stereocenters. The molecule has 144 valence electrons. The molecule has 0 aliphatic rings. The van der Waals surface area contributed by atoms with Gasteiger partial charge in [-0.15, -0.1) is 0 Å². The third-order valence-corrected chi connectivity index (χ3v) is 4.58. The molecule has 28 heavy (non-hydrogen) atoms. The molecule has 0 radical (unpaired) electrons. The number of benzene rings is 2. The van der Waals surface area contributed by atoms with Gasteiger partial charge >= 0.3 is 11.6 Å². The van der Waals surface area contributed by atoms with Gasteiger partial charge in [0.15, 0.2) is 0 Å². The number of rotatable bonds is 6. The monoisotopic (exact) mass is 398 g/mol. The summed E-state index contributed by atoms with van der Waals surface area (Å²) < 4.78 is 5.64. The van der Waals surface area contributed by atoms with E-state index in [0.717, 1.165) is 5.56 Å². The van der Waals surface area contributed by atoms with Crippen LogP contribution in [0.2, 0.25) is 5.02 Å². The molecule has 0 fully saturated rings. The zero-order valence-corrected chi connectivity index (χ0v) is 16.4. The summed E-state index contributed by atoms with van der Waals surface area (Å²) in [7, 11) is 0. The highest BCUT2D eigenvalue weighted by Gasteiger charge is 2.25. The fraction of sp³-hybridized carbons (Fsp3) is 0.200. The van der Waals surface area contributed by atoms with Crippen molar-refractivity contribution in [3.8, 4) is 11.6 Å². The molecule has 2 aromatic carbocycles. The molecule has 3 aromatic rings. The Kier molecular flexibility index (Phi) is 5.75. The van der Waals surface area contributed by atoms with Gasteiger partial charge in [0.25, 0.3) is 0 Å². The maximum absolute atomic E-state index is 11.7. The van der Waals surface area contributed by atoms with E-state index in [1.807, 2.05) is 31.2 Å². The SMILES string of the molecule is Cc1cc(Oc2ncnc(Nc3ccc(C(C)C)cc3)c2[N+](=O)[O-])ccc1Cl. The lowest BCUT2D eigenvalue weighted by atomic mass is 10.0. The summed E-state index contributed by atoms with van der Waals surface area (Å²) in [6.07, 6.45) is 1.22. The van der Waals surface area contributed by atoms with Gasteiger partial charge in [-0.25, -0.2) is 4.98 Å². The van der Waals surface area contributed by atoms with Crippen LogP contribution in [-0.4, -0.2) is 14.9 Å². The lowest BCUT2D eigenvalue weighted by Crippen LogP contribution is -2.03. The van der Waals surface area contributed by atoms with E-state index in [9.17, 15) is 10.1 Å². The van der Waals surface area contributed by atoms with Crippen molar-refractivity contribution in [2.75, 3.05) is 5.32 Å². The summed E-state index contributed by atoms with van der Waals surface area (Å²) in [6.45, 7) is 6.01. The quantitative estimate of drug-likeness (QED) is 0.404. The second-order valence-electron chi connectivity index (χ2n) is 6.55. The second kappa shape index (κ2) is 8.22. The molecule has 0 saturated heterocycles. The van der Waals surface area contributed by atoms with Gasteiger partial charge in [0.1, 0.15) is 12.1 Å². The Hall–Kier alpha value is -3.19. The van der Waals surface area contributed by atoms with Crippen LogP contribution < -0.4 is 10.1 Å². The van der Waals surface area contributed by atoms with Crippen LogP contribution in [0.3, 0.4) is 0 Å². The third kappa shape index (κ3) is 4.37. The molecule has 0 bridgehead atoms. The smallest absolute Gasteiger partial charge is 0.373 e. The van der Waals surface area contributed by atoms with Crippen molar-refractivity contribution in [1.82, 2.24) is 9.97 Å². The summed E-state index contributed by atoms with van der Waals surface area (Å²) in [5, 5.41) is 15.2. The Bertz CT molecular complexity index is 1010. The van der Waals surface area contributed by atoms with Crippen molar-refractivity contribution in [2.45, 2.75) is 26.7 Å². The molecule has 0 spiro atoms. The minimum Gasteiger partial charge on any atom is -0.434 e. The van der Waals surface area contributed by atoms with Crippen LogP contribution in [-0.2, 0) is 0 Å². The Labute approximate surface area is 167 Å². The standard InChI is InChI=1S/C20H19ClN4O3/c1-12(2)14-4-6-15(7-5-14)24-19-18(25(26)27)20(23-11-22-19)28-16-8-9-17(21)13(3)10-16/h4-12H,1-3H3,(H,22,23,24). The van der Waals surface area contributed by atoms with Crippen LogP contribution >= 0.6 is 11.6 Å². The predicted molar refractivity (Wildman–Crippen MR) is 109 cm³/mol. The molecule has 8 heteroatoms. The Morgan fingerprint density at radius 1 is 1.14 bits per heavy atom. The number of hydrogen-bond donors (Lipinski definition) is 1. The van der Waals surface area contributed by atoms with E-state index >= 15 is 0 Å². The van der Waals surface area contributed by atoms with E-state index in [1.165, 1.54) is 11.9 Å². The minimum absolute atomic E-state index is 0.0537. The first-order chi connectivity index (χ1) is 13.3. The van der Waals surface area contributed by atoms with E-state index in [2.05, 4.69) is 29.1 Å². The van der Waals surface area contributed by atoms with Crippen LogP contribution in [0.5, 0.6) is 11.6 Å². The topological polar surface area (TPSA) is 90.2 Å². The molecule has 7 nitrogen and oxygen atoms in total. The van der Waals surface area contributed by atoms with Gasteiger partial charge in [-0.1, -0.05) is 37.6 Å². The van der Waals surface area contributed by atoms with Crippen LogP contribution in [0.1, 0.15) is 30.9 Å². The highest BCUT2D eigenvalue weighted by atomic mass is 35.5. The molecule has 0 saturated carbocycles. The highest BCUT2D eigenvalue weighted by Crippen LogP contribution is 2.36. The zero-order chi connectivity index (χ0) is 20.3. The first kappa shape index (κ1) is 19.6. The Morgan fingerprint density at radius 2 is 1.86 bits per heavy atom. The summed E-state index contributed by atoms with van der Waals surface area (Å²) >= 11 is 6.01. The molecular weight excluding hydrogens is 380 g/mol. The molecule has 1 N–H and O–H groups in total. The van der Waals surface area contributed by atoms with E-state index in [0.29, 0.717) is 22.4 Å². The van der Waals surface area contributed by atoms with Crippen molar-refractivity contribution >= 4 is 28.8 Å². The van der Waals surface area contributed by atoms with E-state index in [4.69, 9.17) is 16.3 Å². The minimum atomic E-state index is -0.567. The highest BCUT2D eigenvalue weighted by molar-refractivity contribution is 6.31. The van der Waals surface area contributed by atoms with Crippen molar-refractivity contribution in [3.63, 3.8) is 0 Å². The number of anilines is 2. The van der Waals surface area contributed by atoms with Gasteiger partial charge in [0, 0.05) is 10.7 Å². The van der Waals surface area contributed by atoms with Crippen LogP contribution in [0, 0.1) is 17.0 Å². The largest absolute Gasteiger partial charge is 0.434 e. The summed E-state index contributed by atoms with van der Waals surface area (Å²) in [6, 6.07) is 12.6. The van der Waals surface area contributed by atoms with Crippen molar-refractivity contribution in [1.29, 1.82) is 0 Å². The Balaban J connectivity index is 1.92. The van der Waals surface area contributed by atoms with Gasteiger partial charge in [0.2, 0.25) is 5.82 Å². The zero-order valence-electron chi connectivity index (χ0n) is 15.6. The number of halogens is 1. The van der Waals surface area contributed by atoms with E-state index < -0.39 is 4.92 Å². The van der Waals surface area contributed by atoms with E-state index in [-0.39, 0.29) is 17.4 Å². The van der Waals surface area contributed by atoms with Crippen LogP contribution in [0.25, 0.3) is 0 Å². The molecule has 3 rings (SSSR count). The fourth-order valence-electron chi connectivity index (χ4n) is 2.57. The Morgan fingerprint density at radius 3 is 2.46 bits per heavy atom. The average molecular weight is 399 g/mol. The molecule has 0 aliphatic heterocycles. The molecule has 0 atom stereocenters. The van der Waals surface area contributed by atoms with Crippen molar-refractivity contribution in [2.24, 2.45) is 0 Å². The third-order valence-electron chi connectivity index (χ3n) is 4.16. The molecule has 1 aromatic heterocycles. The average Bonchev–Trinajstić information content (AvgIpc) is 2.65. The van der Waals surface area contributed by atoms with E-state index in [1.54, 1.807) is 18.2 Å².